The Morgan fingerprint density at radius 3 is 0.599 bits per heavy atom. The second-order valence-electron chi connectivity index (χ2n) is 34.0. The minimum atomic E-state index is -1.57. The predicted octanol–water partition coefficient (Wildman–Crippen LogP) is 7.92. The van der Waals surface area contributed by atoms with Gasteiger partial charge in [0.1, 0.15) is 11.3 Å². The van der Waals surface area contributed by atoms with Crippen molar-refractivity contribution in [3.63, 3.8) is 0 Å². The molecule has 8 aromatic rings. The van der Waals surface area contributed by atoms with E-state index in [-0.39, 0.29) is 77.1 Å². The van der Waals surface area contributed by atoms with E-state index >= 15 is 28.8 Å². The van der Waals surface area contributed by atoms with Crippen LogP contribution in [0.1, 0.15) is 71.9 Å². The largest absolute Gasteiger partial charge is 0.481 e. The van der Waals surface area contributed by atoms with E-state index in [1.807, 2.05) is 60.7 Å². The molecular weight excluding hydrogens is 2300 g/mol. The molecule has 0 atom stereocenters. The Bertz CT molecular complexity index is 5940. The number of rotatable bonds is 63. The number of carbonyl (C=O) groups excluding carboxylic acids is 13. The number of hydrogen-bond acceptors (Lipinski definition) is 21. The fourth-order valence-corrected chi connectivity index (χ4v) is 16.5. The summed E-state index contributed by atoms with van der Waals surface area (Å²) < 4.78 is 10.2. The summed E-state index contributed by atoms with van der Waals surface area (Å²) in [5.41, 5.74) is 10.5. The molecule has 0 unspecified atom stereocenters. The second kappa shape index (κ2) is 61.2. The number of ether oxygens (including phenoxy) is 1. The molecular formula is C101H112Br6N14O26. The standard InChI is InChI=1S/C101H112Br6N14O26/c102-75-18-6-68(7-19-75)30-43-110(55-82(108)122)83(123)56-111(44-31-69-8-20-76(103)21-9-69)84(124)57-112(45-32-70-10-22-77(104)23-11-70)85(125)58-113(46-33-71-12-24-78(105)25-13-71)86(126)59-114(47-34-72-14-26-79(106)27-15-72)87(127)60-115(48-35-73-16-28-80(107)29-17-73)88(128)61-116(49-36-95(135)136)89(129)62-117(50-37-96(137)138)90(130)63-118(51-38-97(139)140)91(131)64-119(52-39-98(141)142)92(132)65-120(53-40-99(143)144)93(133)66-121(54-41-100(145)146)94(134)67-147-81-5-1-3-74-4-2-42-109-101(74)81/h1-29,42H,30-41,43-67H2,(H2,108,122)(H,135,136)(H,137,138)(H,139,140)(H,141,142)(H,143,144)(H,145,146). The van der Waals surface area contributed by atoms with Crippen molar-refractivity contribution in [3.05, 3.63) is 242 Å². The van der Waals surface area contributed by atoms with Gasteiger partial charge in [0.05, 0.1) is 117 Å². The van der Waals surface area contributed by atoms with Crippen LogP contribution in [-0.2, 0) is 130 Å². The van der Waals surface area contributed by atoms with Crippen LogP contribution in [-0.4, -0.2) is 371 Å². The number of aromatic nitrogens is 1. The molecule has 8 N–H and O–H groups in total. The van der Waals surface area contributed by atoms with Crippen molar-refractivity contribution in [2.45, 2.75) is 77.0 Å². The summed E-state index contributed by atoms with van der Waals surface area (Å²) in [4.78, 5) is 281. The lowest BCUT2D eigenvalue weighted by atomic mass is 10.1. The first-order chi connectivity index (χ1) is 70.0. The van der Waals surface area contributed by atoms with E-state index in [0.717, 1.165) is 44.4 Å². The molecule has 1 aromatic heterocycles. The van der Waals surface area contributed by atoms with Crippen LogP contribution >= 0.6 is 95.6 Å². The van der Waals surface area contributed by atoms with Gasteiger partial charge in [0.25, 0.3) is 5.91 Å². The molecule has 46 heteroatoms. The quantitative estimate of drug-likeness (QED) is 0.0190. The Hall–Kier alpha value is -13.4. The van der Waals surface area contributed by atoms with Gasteiger partial charge in [0.15, 0.2) is 6.61 Å². The van der Waals surface area contributed by atoms with Crippen molar-refractivity contribution < 1.29 is 126 Å². The van der Waals surface area contributed by atoms with Crippen LogP contribution < -0.4 is 10.5 Å². The van der Waals surface area contributed by atoms with Crippen LogP contribution in [0, 0.1) is 0 Å². The summed E-state index contributed by atoms with van der Waals surface area (Å²) in [7, 11) is 0. The molecule has 0 aliphatic rings. The number of aliphatic carboxylic acids is 6. The van der Waals surface area contributed by atoms with Crippen LogP contribution in [0.5, 0.6) is 5.75 Å². The van der Waals surface area contributed by atoms with E-state index < -0.39 is 276 Å². The molecule has 1 heterocycles. The van der Waals surface area contributed by atoms with E-state index in [9.17, 15) is 93.0 Å². The van der Waals surface area contributed by atoms with Crippen molar-refractivity contribution in [2.75, 3.05) is 164 Å². The Kier molecular flexibility index (Phi) is 49.5. The number of amides is 13. The zero-order valence-electron chi connectivity index (χ0n) is 80.0. The number of hydrogen-bond donors (Lipinski definition) is 7. The average Bonchev–Trinajstić information content (AvgIpc) is 0.830. The normalized spacial score (nSPS) is 10.9. The van der Waals surface area contributed by atoms with E-state index in [2.05, 4.69) is 101 Å². The third-order valence-electron chi connectivity index (χ3n) is 23.2. The van der Waals surface area contributed by atoms with Crippen molar-refractivity contribution in [1.29, 1.82) is 0 Å². The highest BCUT2D eigenvalue weighted by molar-refractivity contribution is 9.11. The molecule has 13 amide bonds. The van der Waals surface area contributed by atoms with Crippen molar-refractivity contribution >= 4 is 219 Å². The van der Waals surface area contributed by atoms with Crippen LogP contribution in [0.25, 0.3) is 10.9 Å². The summed E-state index contributed by atoms with van der Waals surface area (Å²) in [6.07, 6.45) is -2.81. The van der Waals surface area contributed by atoms with E-state index in [1.54, 1.807) is 109 Å². The van der Waals surface area contributed by atoms with Crippen LogP contribution in [0.2, 0.25) is 0 Å². The number of nitrogens with zero attached hydrogens (tertiary/aromatic N) is 13. The smallest absolute Gasteiger partial charge is 0.305 e. The van der Waals surface area contributed by atoms with E-state index in [0.29, 0.717) is 67.5 Å². The molecule has 0 saturated heterocycles. The Labute approximate surface area is 897 Å². The zero-order valence-corrected chi connectivity index (χ0v) is 89.5. The molecule has 0 saturated carbocycles. The third kappa shape index (κ3) is 43.3. The van der Waals surface area contributed by atoms with Gasteiger partial charge >= 0.3 is 35.8 Å². The molecule has 0 aliphatic heterocycles. The minimum absolute atomic E-state index is 0.00849. The first kappa shape index (κ1) is 119. The molecule has 7 aromatic carbocycles. The van der Waals surface area contributed by atoms with Gasteiger partial charge in [-0.15, -0.1) is 0 Å². The first-order valence-corrected chi connectivity index (χ1v) is 51.1. The first-order valence-electron chi connectivity index (χ1n) is 46.4. The molecule has 0 bridgehead atoms. The Balaban J connectivity index is 1.08. The Morgan fingerprint density at radius 2 is 0.408 bits per heavy atom. The molecule has 40 nitrogen and oxygen atoms in total. The summed E-state index contributed by atoms with van der Waals surface area (Å²) in [5, 5.41) is 60.1. The molecule has 0 aliphatic carbocycles. The number of fused-ring (bicyclic) bond motifs is 1. The molecule has 0 fully saturated rings. The van der Waals surface area contributed by atoms with E-state index in [4.69, 9.17) is 10.5 Å². The SMILES string of the molecule is NC(=O)CN(CCc1ccc(Br)cc1)C(=O)CN(CCc1ccc(Br)cc1)C(=O)CN(CCc1ccc(Br)cc1)C(=O)CN(CCc1ccc(Br)cc1)C(=O)CN(CCc1ccc(Br)cc1)C(=O)CN(CCc1ccc(Br)cc1)C(=O)CN(CCC(=O)O)C(=O)CN(CCC(=O)O)C(=O)CN(CCC(=O)O)C(=O)CN(CCC(=O)O)C(=O)CN(CCC(=O)O)C(=O)CN(CCC(=O)O)C(=O)COc1cccc2cccnc12. The second-order valence-corrected chi connectivity index (χ2v) is 39.5. The fraction of sp³-hybridized carbons (Fsp3) is 0.366. The zero-order chi connectivity index (χ0) is 107. The highest BCUT2D eigenvalue weighted by Crippen LogP contribution is 2.25. The number of carbonyl (C=O) groups is 19. The monoisotopic (exact) mass is 2410 g/mol. The molecule has 0 spiro atoms. The number of pyridine rings is 1. The summed E-state index contributed by atoms with van der Waals surface area (Å²) in [6.45, 7) is -17.2. The lowest BCUT2D eigenvalue weighted by Gasteiger charge is -2.33. The number of carboxylic acid groups (broad SMARTS) is 6. The van der Waals surface area contributed by atoms with Gasteiger partial charge in [-0.3, -0.25) is 96.1 Å². The number of para-hydroxylation sites is 1. The highest BCUT2D eigenvalue weighted by atomic mass is 79.9. The summed E-state index contributed by atoms with van der Waals surface area (Å²) in [5.74, 6) is -21.7. The summed E-state index contributed by atoms with van der Waals surface area (Å²) >= 11 is 20.7. The highest BCUT2D eigenvalue weighted by Gasteiger charge is 2.36. The number of halogens is 6. The lowest BCUT2D eigenvalue weighted by Crippen LogP contribution is -2.54. The predicted molar refractivity (Wildman–Crippen MR) is 556 cm³/mol. The van der Waals surface area contributed by atoms with Crippen molar-refractivity contribution in [3.8, 4) is 5.75 Å². The van der Waals surface area contributed by atoms with Gasteiger partial charge in [0, 0.05) is 117 Å². The summed E-state index contributed by atoms with van der Waals surface area (Å²) in [6, 6.07) is 51.1. The number of carboxylic acids is 6. The van der Waals surface area contributed by atoms with Crippen molar-refractivity contribution in [2.24, 2.45) is 5.73 Å². The van der Waals surface area contributed by atoms with Crippen molar-refractivity contribution in [1.82, 2.24) is 63.8 Å². The molecule has 0 radical (unpaired) electrons. The number of primary amides is 1. The topological polar surface area (TPSA) is 533 Å². The molecule has 147 heavy (non-hydrogen) atoms. The Morgan fingerprint density at radius 1 is 0.231 bits per heavy atom. The van der Waals surface area contributed by atoms with Gasteiger partial charge in [-0.05, 0) is 157 Å². The number of benzene rings is 7. The van der Waals surface area contributed by atoms with Gasteiger partial charge in [-0.1, -0.05) is 187 Å². The third-order valence-corrected chi connectivity index (χ3v) is 26.4. The minimum Gasteiger partial charge on any atom is -0.481 e. The van der Waals surface area contributed by atoms with Gasteiger partial charge in [-0.25, -0.2) is 0 Å². The average molecular weight is 2420 g/mol. The van der Waals surface area contributed by atoms with Crippen LogP contribution in [0.3, 0.4) is 0 Å². The maximum atomic E-state index is 15.8. The number of nitrogens with two attached hydrogens (primary N) is 1. The van der Waals surface area contributed by atoms with Gasteiger partial charge in [0.2, 0.25) is 70.9 Å². The maximum absolute atomic E-state index is 15.8. The molecule has 8 rings (SSSR count). The molecule has 784 valence electrons. The van der Waals surface area contributed by atoms with E-state index in [1.165, 1.54) is 36.8 Å². The van der Waals surface area contributed by atoms with Crippen LogP contribution in [0.4, 0.5) is 0 Å². The van der Waals surface area contributed by atoms with Crippen LogP contribution in [0.15, 0.2) is 209 Å². The van der Waals surface area contributed by atoms with Gasteiger partial charge in [-0.2, -0.15) is 0 Å². The lowest BCUT2D eigenvalue weighted by molar-refractivity contribution is -0.151. The van der Waals surface area contributed by atoms with Gasteiger partial charge < -0.3 is 99.9 Å². The fourth-order valence-electron chi connectivity index (χ4n) is 14.9. The maximum Gasteiger partial charge on any atom is 0.305 e.